The topological polar surface area (TPSA) is 81.4 Å². The zero-order valence-electron chi connectivity index (χ0n) is 11.1. The van der Waals surface area contributed by atoms with Crippen LogP contribution in [0.5, 0.6) is 0 Å². The smallest absolute Gasteiger partial charge is 0.307 e. The lowest BCUT2D eigenvalue weighted by molar-refractivity contribution is -0.140. The van der Waals surface area contributed by atoms with E-state index < -0.39 is 6.04 Å². The molecular weight excluding hydrogens is 232 g/mol. The van der Waals surface area contributed by atoms with Gasteiger partial charge in [-0.05, 0) is 12.3 Å². The van der Waals surface area contributed by atoms with Crippen LogP contribution in [0.25, 0.3) is 0 Å². The molecule has 3 N–H and O–H groups in total. The first-order valence-electron chi connectivity index (χ1n) is 6.73. The summed E-state index contributed by atoms with van der Waals surface area (Å²) in [5, 5.41) is 2.67. The van der Waals surface area contributed by atoms with Crippen LogP contribution in [0.4, 0.5) is 0 Å². The van der Waals surface area contributed by atoms with Gasteiger partial charge in [-0.2, -0.15) is 0 Å². The van der Waals surface area contributed by atoms with Crippen LogP contribution in [0.1, 0.15) is 44.9 Å². The summed E-state index contributed by atoms with van der Waals surface area (Å²) in [5.74, 6) is 0.0979. The highest BCUT2D eigenvalue weighted by Gasteiger charge is 2.21. The van der Waals surface area contributed by atoms with E-state index in [1.165, 1.54) is 39.2 Å². The van der Waals surface area contributed by atoms with Crippen LogP contribution in [-0.2, 0) is 14.3 Å². The van der Waals surface area contributed by atoms with Crippen LogP contribution < -0.4 is 11.1 Å². The van der Waals surface area contributed by atoms with Crippen LogP contribution >= 0.6 is 0 Å². The van der Waals surface area contributed by atoms with Gasteiger partial charge in [-0.15, -0.1) is 0 Å². The molecule has 1 unspecified atom stereocenters. The second kappa shape index (κ2) is 8.08. The number of carbonyl (C=O) groups is 2. The van der Waals surface area contributed by atoms with E-state index in [9.17, 15) is 9.59 Å². The third-order valence-corrected chi connectivity index (χ3v) is 3.50. The van der Waals surface area contributed by atoms with Crippen molar-refractivity contribution in [3.8, 4) is 0 Å². The Morgan fingerprint density at radius 1 is 1.33 bits per heavy atom. The van der Waals surface area contributed by atoms with Gasteiger partial charge in [0.1, 0.15) is 0 Å². The zero-order chi connectivity index (χ0) is 13.4. The van der Waals surface area contributed by atoms with E-state index in [-0.39, 0.29) is 18.3 Å². The van der Waals surface area contributed by atoms with Crippen molar-refractivity contribution in [3.05, 3.63) is 0 Å². The van der Waals surface area contributed by atoms with E-state index in [4.69, 9.17) is 5.73 Å². The van der Waals surface area contributed by atoms with Crippen LogP contribution in [0.15, 0.2) is 0 Å². The largest absolute Gasteiger partial charge is 0.469 e. The van der Waals surface area contributed by atoms with Crippen molar-refractivity contribution in [2.45, 2.75) is 51.0 Å². The summed E-state index contributed by atoms with van der Waals surface area (Å²) in [5.41, 5.74) is 5.87. The molecule has 104 valence electrons. The zero-order valence-corrected chi connectivity index (χ0v) is 11.1. The molecule has 0 saturated heterocycles. The molecule has 1 atom stereocenters. The molecule has 0 bridgehead atoms. The molecule has 1 saturated carbocycles. The summed E-state index contributed by atoms with van der Waals surface area (Å²) < 4.78 is 4.49. The Balaban J connectivity index is 2.17. The molecule has 0 spiro atoms. The minimum Gasteiger partial charge on any atom is -0.469 e. The fourth-order valence-corrected chi connectivity index (χ4v) is 2.41. The number of carbonyl (C=O) groups excluding carboxylic acids is 2. The van der Waals surface area contributed by atoms with Crippen molar-refractivity contribution in [2.24, 2.45) is 11.7 Å². The van der Waals surface area contributed by atoms with E-state index in [1.54, 1.807) is 0 Å². The minimum atomic E-state index is -0.453. The van der Waals surface area contributed by atoms with Gasteiger partial charge in [-0.3, -0.25) is 9.59 Å². The van der Waals surface area contributed by atoms with E-state index >= 15 is 0 Å². The number of hydrogen-bond donors (Lipinski definition) is 2. The summed E-state index contributed by atoms with van der Waals surface area (Å²) in [6.07, 6.45) is 7.12. The van der Waals surface area contributed by atoms with Gasteiger partial charge in [-0.25, -0.2) is 0 Å². The van der Waals surface area contributed by atoms with E-state index in [1.807, 2.05) is 0 Å². The predicted octanol–water partition coefficient (Wildman–Crippen LogP) is 0.963. The number of esters is 1. The number of amides is 1. The molecule has 18 heavy (non-hydrogen) atoms. The summed E-state index contributed by atoms with van der Waals surface area (Å²) in [7, 11) is 1.33. The molecule has 0 aromatic carbocycles. The van der Waals surface area contributed by atoms with E-state index in [0.717, 1.165) is 6.42 Å². The van der Waals surface area contributed by atoms with E-state index in [0.29, 0.717) is 12.5 Å². The monoisotopic (exact) mass is 256 g/mol. The molecule has 0 aromatic rings. The Hall–Kier alpha value is -1.10. The Kier molecular flexibility index (Phi) is 6.72. The second-order valence-corrected chi connectivity index (χ2v) is 4.96. The third-order valence-electron chi connectivity index (χ3n) is 3.50. The fraction of sp³-hybridized carbons (Fsp3) is 0.846. The van der Waals surface area contributed by atoms with Crippen molar-refractivity contribution >= 4 is 11.9 Å². The highest BCUT2D eigenvalue weighted by Crippen LogP contribution is 2.26. The van der Waals surface area contributed by atoms with Gasteiger partial charge < -0.3 is 15.8 Å². The SMILES string of the molecule is COC(=O)CCNC(=O)C(N)CC1CCCCC1. The van der Waals surface area contributed by atoms with Gasteiger partial charge in [-0.1, -0.05) is 32.1 Å². The summed E-state index contributed by atoms with van der Waals surface area (Å²) in [4.78, 5) is 22.6. The van der Waals surface area contributed by atoms with Crippen LogP contribution in [0, 0.1) is 5.92 Å². The number of methoxy groups -OCH3 is 1. The first-order chi connectivity index (χ1) is 8.63. The molecule has 0 heterocycles. The lowest BCUT2D eigenvalue weighted by atomic mass is 9.85. The summed E-state index contributed by atoms with van der Waals surface area (Å²) in [6.45, 7) is 0.296. The van der Waals surface area contributed by atoms with Crippen LogP contribution in [0.3, 0.4) is 0 Å². The molecule has 1 amide bonds. The summed E-state index contributed by atoms with van der Waals surface area (Å²) >= 11 is 0. The maximum atomic E-state index is 11.7. The number of nitrogens with two attached hydrogens (primary N) is 1. The standard InChI is InChI=1S/C13H24N2O3/c1-18-12(16)7-8-15-13(17)11(14)9-10-5-3-2-4-6-10/h10-11H,2-9,14H2,1H3,(H,15,17). The fourth-order valence-electron chi connectivity index (χ4n) is 2.41. The third kappa shape index (κ3) is 5.49. The molecule has 1 aliphatic rings. The average molecular weight is 256 g/mol. The molecule has 0 radical (unpaired) electrons. The minimum absolute atomic E-state index is 0.163. The van der Waals surface area contributed by atoms with Crippen LogP contribution in [-0.4, -0.2) is 31.6 Å². The highest BCUT2D eigenvalue weighted by molar-refractivity contribution is 5.82. The Morgan fingerprint density at radius 2 is 2.00 bits per heavy atom. The average Bonchev–Trinajstić information content (AvgIpc) is 2.39. The summed E-state index contributed by atoms with van der Waals surface area (Å²) in [6, 6.07) is -0.453. The quantitative estimate of drug-likeness (QED) is 0.694. The molecular formula is C13H24N2O3. The van der Waals surface area contributed by atoms with Gasteiger partial charge in [0.2, 0.25) is 5.91 Å². The number of ether oxygens (including phenoxy) is 1. The molecule has 0 aliphatic heterocycles. The highest BCUT2D eigenvalue weighted by atomic mass is 16.5. The molecule has 0 aromatic heterocycles. The lowest BCUT2D eigenvalue weighted by Crippen LogP contribution is -2.42. The maximum absolute atomic E-state index is 11.7. The van der Waals surface area contributed by atoms with Crippen LogP contribution in [0.2, 0.25) is 0 Å². The van der Waals surface area contributed by atoms with E-state index in [2.05, 4.69) is 10.1 Å². The Bertz CT molecular complexity index is 275. The van der Waals surface area contributed by atoms with Gasteiger partial charge in [0.25, 0.3) is 0 Å². The molecule has 5 heteroatoms. The van der Waals surface area contributed by atoms with Crippen molar-refractivity contribution in [2.75, 3.05) is 13.7 Å². The normalized spacial score (nSPS) is 18.1. The molecule has 5 nitrogen and oxygen atoms in total. The van der Waals surface area contributed by atoms with Gasteiger partial charge in [0.05, 0.1) is 19.6 Å². The maximum Gasteiger partial charge on any atom is 0.307 e. The Labute approximate surface area is 108 Å². The predicted molar refractivity (Wildman–Crippen MR) is 68.8 cm³/mol. The number of hydrogen-bond acceptors (Lipinski definition) is 4. The first-order valence-corrected chi connectivity index (χ1v) is 6.73. The number of rotatable bonds is 6. The van der Waals surface area contributed by atoms with Crippen molar-refractivity contribution < 1.29 is 14.3 Å². The molecule has 1 aliphatic carbocycles. The number of nitrogens with one attached hydrogen (secondary N) is 1. The van der Waals surface area contributed by atoms with Gasteiger partial charge in [0, 0.05) is 6.54 Å². The first kappa shape index (κ1) is 15.0. The van der Waals surface area contributed by atoms with Gasteiger partial charge in [0.15, 0.2) is 0 Å². The Morgan fingerprint density at radius 3 is 2.61 bits per heavy atom. The molecule has 1 rings (SSSR count). The van der Waals surface area contributed by atoms with Crippen molar-refractivity contribution in [1.82, 2.24) is 5.32 Å². The van der Waals surface area contributed by atoms with Crippen molar-refractivity contribution in [1.29, 1.82) is 0 Å². The lowest BCUT2D eigenvalue weighted by Gasteiger charge is -2.24. The van der Waals surface area contributed by atoms with Crippen molar-refractivity contribution in [3.63, 3.8) is 0 Å². The second-order valence-electron chi connectivity index (χ2n) is 4.96. The van der Waals surface area contributed by atoms with Gasteiger partial charge >= 0.3 is 5.97 Å². The molecule has 1 fully saturated rings.